The molecule has 108 valence electrons. The molecule has 0 unspecified atom stereocenters. The lowest BCUT2D eigenvalue weighted by molar-refractivity contribution is -0.352. The molecule has 0 N–H and O–H groups in total. The van der Waals surface area contributed by atoms with E-state index in [-0.39, 0.29) is 0 Å². The van der Waals surface area contributed by atoms with Crippen LogP contribution in [0.2, 0.25) is 0 Å². The fourth-order valence-corrected chi connectivity index (χ4v) is 0.897. The van der Waals surface area contributed by atoms with Crippen LogP contribution in [0.25, 0.3) is 0 Å². The van der Waals surface area contributed by atoms with Crippen LogP contribution in [0.5, 0.6) is 0 Å². The van der Waals surface area contributed by atoms with Gasteiger partial charge in [0.25, 0.3) is 12.0 Å². The Morgan fingerprint density at radius 2 is 1.06 bits per heavy atom. The quantitative estimate of drug-likeness (QED) is 0.666. The molecule has 0 aliphatic heterocycles. The van der Waals surface area contributed by atoms with Crippen molar-refractivity contribution in [1.82, 2.24) is 0 Å². The topological polar surface area (TPSA) is 0 Å². The molecule has 0 saturated heterocycles. The number of alkyl halides is 9. The van der Waals surface area contributed by atoms with Crippen molar-refractivity contribution >= 4 is 0 Å². The van der Waals surface area contributed by atoms with Gasteiger partial charge in [-0.2, -0.15) is 35.1 Å². The highest BCUT2D eigenvalue weighted by molar-refractivity contribution is 5.05. The molecule has 0 saturated carbocycles. The maximum absolute atomic E-state index is 12.7. The van der Waals surface area contributed by atoms with E-state index in [0.29, 0.717) is 0 Å². The van der Waals surface area contributed by atoms with Gasteiger partial charge in [-0.25, -0.2) is 13.2 Å². The molecule has 0 rings (SSSR count). The van der Waals surface area contributed by atoms with E-state index in [2.05, 4.69) is 0 Å². The average Bonchev–Trinajstić information content (AvgIpc) is 1.94. The van der Waals surface area contributed by atoms with Crippen molar-refractivity contribution in [2.75, 3.05) is 0 Å². The number of rotatable bonds is 3. The van der Waals surface area contributed by atoms with Crippen LogP contribution in [0.1, 0.15) is 6.42 Å². The first kappa shape index (κ1) is 17.0. The second-order valence-corrected chi connectivity index (χ2v) is 3.17. The Balaban J connectivity index is 5.50. The summed E-state index contributed by atoms with van der Waals surface area (Å²) in [6.45, 7) is 0. The summed E-state index contributed by atoms with van der Waals surface area (Å²) in [5.74, 6) is -5.31. The Morgan fingerprint density at radius 1 is 0.722 bits per heavy atom. The summed E-state index contributed by atoms with van der Waals surface area (Å²) in [7, 11) is 0. The molecule has 0 aromatic heterocycles. The lowest BCUT2D eigenvalue weighted by Crippen LogP contribution is -2.55. The van der Waals surface area contributed by atoms with Gasteiger partial charge in [0, 0.05) is 6.08 Å². The van der Waals surface area contributed by atoms with Crippen LogP contribution in [-0.4, -0.2) is 23.9 Å². The molecule has 0 aliphatic carbocycles. The molecule has 0 bridgehead atoms. The standard InChI is InChI=1S/C7H3F11/c8-3(9)1-4(10,11)2-5(12,6(13,14)15)7(16,17)18/h1H,2H2. The predicted molar refractivity (Wildman–Crippen MR) is 35.8 cm³/mol. The third-order valence-corrected chi connectivity index (χ3v) is 1.70. The minimum atomic E-state index is -6.71. The fourth-order valence-electron chi connectivity index (χ4n) is 0.897. The Morgan fingerprint density at radius 3 is 1.28 bits per heavy atom. The molecule has 0 radical (unpaired) electrons. The Labute approximate surface area is 92.1 Å². The second kappa shape index (κ2) is 4.57. The minimum absolute atomic E-state index is 1.47. The summed E-state index contributed by atoms with van der Waals surface area (Å²) in [6.07, 6.45) is -21.6. The van der Waals surface area contributed by atoms with Crippen molar-refractivity contribution in [1.29, 1.82) is 0 Å². The lowest BCUT2D eigenvalue weighted by Gasteiger charge is -2.31. The van der Waals surface area contributed by atoms with Crippen LogP contribution in [0.4, 0.5) is 48.3 Å². The van der Waals surface area contributed by atoms with Crippen molar-refractivity contribution in [2.45, 2.75) is 30.4 Å². The molecule has 11 heteroatoms. The van der Waals surface area contributed by atoms with Gasteiger partial charge in [-0.1, -0.05) is 0 Å². The molecule has 18 heavy (non-hydrogen) atoms. The van der Waals surface area contributed by atoms with Crippen molar-refractivity contribution in [3.63, 3.8) is 0 Å². The molecule has 0 atom stereocenters. The molecular weight excluding hydrogens is 293 g/mol. The van der Waals surface area contributed by atoms with E-state index in [9.17, 15) is 48.3 Å². The van der Waals surface area contributed by atoms with Gasteiger partial charge in [-0.3, -0.25) is 0 Å². The largest absolute Gasteiger partial charge is 0.431 e. The van der Waals surface area contributed by atoms with Crippen LogP contribution < -0.4 is 0 Å². The van der Waals surface area contributed by atoms with E-state index < -0.39 is 42.5 Å². The lowest BCUT2D eigenvalue weighted by atomic mass is 9.96. The van der Waals surface area contributed by atoms with Crippen LogP contribution in [0.15, 0.2) is 12.2 Å². The molecule has 0 aliphatic rings. The van der Waals surface area contributed by atoms with Gasteiger partial charge < -0.3 is 0 Å². The molecule has 0 spiro atoms. The van der Waals surface area contributed by atoms with Crippen molar-refractivity contribution < 1.29 is 48.3 Å². The Kier molecular flexibility index (Phi) is 4.31. The van der Waals surface area contributed by atoms with E-state index in [4.69, 9.17) is 0 Å². The zero-order chi connectivity index (χ0) is 15.0. The highest BCUT2D eigenvalue weighted by Crippen LogP contribution is 2.51. The summed E-state index contributed by atoms with van der Waals surface area (Å²) in [6, 6.07) is 0. The highest BCUT2D eigenvalue weighted by Gasteiger charge is 2.74. The SMILES string of the molecule is FC(F)=CC(F)(F)CC(F)(C(F)(F)F)C(F)(F)F. The summed E-state index contributed by atoms with van der Waals surface area (Å²) in [4.78, 5) is 0. The Bertz CT molecular complexity index is 301. The zero-order valence-corrected chi connectivity index (χ0v) is 7.94. The monoisotopic (exact) mass is 296 g/mol. The van der Waals surface area contributed by atoms with Crippen LogP contribution in [-0.2, 0) is 0 Å². The van der Waals surface area contributed by atoms with E-state index >= 15 is 0 Å². The van der Waals surface area contributed by atoms with Gasteiger partial charge in [0.05, 0.1) is 6.42 Å². The molecule has 0 aromatic carbocycles. The van der Waals surface area contributed by atoms with Crippen LogP contribution in [0.3, 0.4) is 0 Å². The minimum Gasteiger partial charge on any atom is -0.223 e. The van der Waals surface area contributed by atoms with Gasteiger partial charge in [0.2, 0.25) is 0 Å². The van der Waals surface area contributed by atoms with Crippen molar-refractivity contribution in [3.8, 4) is 0 Å². The molecule has 0 amide bonds. The van der Waals surface area contributed by atoms with Crippen molar-refractivity contribution in [3.05, 3.63) is 12.2 Å². The molecule has 0 fully saturated rings. The van der Waals surface area contributed by atoms with Gasteiger partial charge in [-0.05, 0) is 0 Å². The first-order chi connectivity index (χ1) is 7.62. The van der Waals surface area contributed by atoms with E-state index in [1.54, 1.807) is 0 Å². The highest BCUT2D eigenvalue weighted by atomic mass is 19.4. The summed E-state index contributed by atoms with van der Waals surface area (Å²) in [5.41, 5.74) is -6.28. The van der Waals surface area contributed by atoms with Gasteiger partial charge in [0.1, 0.15) is 0 Å². The number of allylic oxidation sites excluding steroid dienone is 1. The first-order valence-corrected chi connectivity index (χ1v) is 3.86. The number of hydrogen-bond acceptors (Lipinski definition) is 0. The molecule has 0 heterocycles. The zero-order valence-electron chi connectivity index (χ0n) is 7.94. The molecule has 0 nitrogen and oxygen atoms in total. The van der Waals surface area contributed by atoms with Gasteiger partial charge in [-0.15, -0.1) is 0 Å². The normalized spacial score (nSPS) is 14.6. The maximum atomic E-state index is 12.7. The first-order valence-electron chi connectivity index (χ1n) is 3.86. The summed E-state index contributed by atoms with van der Waals surface area (Å²) in [5, 5.41) is 0. The smallest absolute Gasteiger partial charge is 0.223 e. The third kappa shape index (κ3) is 3.73. The fraction of sp³-hybridized carbons (Fsp3) is 0.714. The van der Waals surface area contributed by atoms with Gasteiger partial charge in [0.15, 0.2) is 0 Å². The second-order valence-electron chi connectivity index (χ2n) is 3.17. The number of hydrogen-bond donors (Lipinski definition) is 0. The van der Waals surface area contributed by atoms with Crippen molar-refractivity contribution in [2.24, 2.45) is 0 Å². The molecule has 0 aromatic rings. The predicted octanol–water partition coefficient (Wildman–Crippen LogP) is 4.63. The third-order valence-electron chi connectivity index (χ3n) is 1.70. The maximum Gasteiger partial charge on any atom is 0.431 e. The average molecular weight is 296 g/mol. The van der Waals surface area contributed by atoms with Gasteiger partial charge >= 0.3 is 18.0 Å². The number of halogens is 11. The van der Waals surface area contributed by atoms with E-state index in [1.165, 1.54) is 0 Å². The summed E-state index contributed by atoms with van der Waals surface area (Å²) >= 11 is 0. The van der Waals surface area contributed by atoms with E-state index in [0.717, 1.165) is 0 Å². The Hall–Kier alpha value is -1.03. The molecular formula is C7H3F11. The summed E-state index contributed by atoms with van der Waals surface area (Å²) < 4.78 is 131. The van der Waals surface area contributed by atoms with Crippen LogP contribution >= 0.6 is 0 Å². The van der Waals surface area contributed by atoms with Crippen LogP contribution in [0, 0.1) is 0 Å². The van der Waals surface area contributed by atoms with E-state index in [1.807, 2.05) is 0 Å².